The van der Waals surface area contributed by atoms with Gasteiger partial charge in [-0.15, -0.1) is 0 Å². The molecule has 8 nitrogen and oxygen atoms in total. The van der Waals surface area contributed by atoms with E-state index in [0.29, 0.717) is 30.3 Å². The van der Waals surface area contributed by atoms with E-state index < -0.39 is 0 Å². The second-order valence-corrected chi connectivity index (χ2v) is 5.05. The van der Waals surface area contributed by atoms with Gasteiger partial charge in [-0.3, -0.25) is 0 Å². The number of nitrogen functional groups attached to an aromatic ring is 1. The predicted molar refractivity (Wildman–Crippen MR) is 77.3 cm³/mol. The van der Waals surface area contributed by atoms with Gasteiger partial charge in [0.1, 0.15) is 0 Å². The molecular formula is C14H13N5O3. The number of carbonyl (C=O) groups is 1. The first-order valence-electron chi connectivity index (χ1n) is 6.75. The zero-order valence-electron chi connectivity index (χ0n) is 11.6. The molecule has 2 aliphatic rings. The predicted octanol–water partition coefficient (Wildman–Crippen LogP) is 1.34. The standard InChI is InChI=1S/C14H13N5O3/c15-13-16-4-8-5-19(6-10(8)18-13)14(20)17-9-1-2-11-12(3-9)22-7-21-11/h1-4H,5-7H2,(H,17,20)(H2,15,16,18). The van der Waals surface area contributed by atoms with Gasteiger partial charge in [0.05, 0.1) is 18.8 Å². The van der Waals surface area contributed by atoms with Crippen molar-refractivity contribution < 1.29 is 14.3 Å². The van der Waals surface area contributed by atoms with Gasteiger partial charge in [-0.1, -0.05) is 0 Å². The number of ether oxygens (including phenoxy) is 2. The molecule has 0 spiro atoms. The van der Waals surface area contributed by atoms with Crippen LogP contribution in [0.3, 0.4) is 0 Å². The van der Waals surface area contributed by atoms with Crippen molar-refractivity contribution >= 4 is 17.7 Å². The van der Waals surface area contributed by atoms with Crippen LogP contribution in [-0.2, 0) is 13.1 Å². The van der Waals surface area contributed by atoms with Crippen LogP contribution in [0.25, 0.3) is 0 Å². The third-order valence-electron chi connectivity index (χ3n) is 3.59. The zero-order valence-corrected chi connectivity index (χ0v) is 11.6. The molecule has 4 rings (SSSR count). The maximum atomic E-state index is 12.3. The van der Waals surface area contributed by atoms with Crippen molar-refractivity contribution in [2.75, 3.05) is 17.8 Å². The maximum Gasteiger partial charge on any atom is 0.322 e. The first kappa shape index (κ1) is 12.7. The van der Waals surface area contributed by atoms with Crippen molar-refractivity contribution in [1.82, 2.24) is 14.9 Å². The molecule has 0 radical (unpaired) electrons. The molecule has 3 N–H and O–H groups in total. The Hall–Kier alpha value is -3.03. The first-order chi connectivity index (χ1) is 10.7. The highest BCUT2D eigenvalue weighted by Gasteiger charge is 2.25. The van der Waals surface area contributed by atoms with Crippen molar-refractivity contribution in [3.63, 3.8) is 0 Å². The lowest BCUT2D eigenvalue weighted by Crippen LogP contribution is -2.30. The number of hydrogen-bond donors (Lipinski definition) is 2. The normalized spacial score (nSPS) is 14.8. The summed E-state index contributed by atoms with van der Waals surface area (Å²) in [7, 11) is 0. The Morgan fingerprint density at radius 3 is 3.05 bits per heavy atom. The second kappa shape index (κ2) is 4.76. The Morgan fingerprint density at radius 1 is 1.27 bits per heavy atom. The number of carbonyl (C=O) groups excluding carboxylic acids is 1. The molecule has 0 bridgehead atoms. The smallest absolute Gasteiger partial charge is 0.322 e. The Morgan fingerprint density at radius 2 is 2.14 bits per heavy atom. The minimum Gasteiger partial charge on any atom is -0.454 e. The van der Waals surface area contributed by atoms with E-state index in [1.807, 2.05) is 0 Å². The summed E-state index contributed by atoms with van der Waals surface area (Å²) in [6.07, 6.45) is 1.66. The Bertz CT molecular complexity index is 764. The van der Waals surface area contributed by atoms with Crippen LogP contribution in [0.4, 0.5) is 16.4 Å². The van der Waals surface area contributed by atoms with Gasteiger partial charge < -0.3 is 25.4 Å². The van der Waals surface area contributed by atoms with Crippen molar-refractivity contribution in [2.45, 2.75) is 13.1 Å². The minimum absolute atomic E-state index is 0.203. The Balaban J connectivity index is 1.47. The summed E-state index contributed by atoms with van der Waals surface area (Å²) in [5.74, 6) is 1.52. The lowest BCUT2D eigenvalue weighted by Gasteiger charge is -2.16. The van der Waals surface area contributed by atoms with Gasteiger partial charge in [-0.2, -0.15) is 0 Å². The number of fused-ring (bicyclic) bond motifs is 2. The Labute approximate surface area is 125 Å². The second-order valence-electron chi connectivity index (χ2n) is 5.05. The minimum atomic E-state index is -0.213. The summed E-state index contributed by atoms with van der Waals surface area (Å²) < 4.78 is 10.5. The molecular weight excluding hydrogens is 286 g/mol. The number of urea groups is 1. The van der Waals surface area contributed by atoms with E-state index in [-0.39, 0.29) is 18.8 Å². The number of rotatable bonds is 1. The summed E-state index contributed by atoms with van der Waals surface area (Å²) in [5.41, 5.74) is 7.91. The van der Waals surface area contributed by atoms with Crippen molar-refractivity contribution in [3.05, 3.63) is 35.7 Å². The van der Waals surface area contributed by atoms with E-state index in [1.165, 1.54) is 0 Å². The van der Waals surface area contributed by atoms with Gasteiger partial charge in [-0.05, 0) is 12.1 Å². The molecule has 112 valence electrons. The number of aromatic nitrogens is 2. The first-order valence-corrected chi connectivity index (χ1v) is 6.75. The SMILES string of the molecule is Nc1ncc2c(n1)CN(C(=O)Nc1ccc3c(c1)OCO3)C2. The van der Waals surface area contributed by atoms with E-state index in [9.17, 15) is 4.79 Å². The van der Waals surface area contributed by atoms with Crippen LogP contribution in [0.5, 0.6) is 11.5 Å². The molecule has 0 fully saturated rings. The van der Waals surface area contributed by atoms with Gasteiger partial charge >= 0.3 is 6.03 Å². The number of hydrogen-bond acceptors (Lipinski definition) is 6. The topological polar surface area (TPSA) is 103 Å². The lowest BCUT2D eigenvalue weighted by atomic mass is 10.3. The summed E-state index contributed by atoms with van der Waals surface area (Å²) in [6, 6.07) is 5.06. The van der Waals surface area contributed by atoms with Gasteiger partial charge in [0.15, 0.2) is 11.5 Å². The highest BCUT2D eigenvalue weighted by atomic mass is 16.7. The fourth-order valence-corrected chi connectivity index (χ4v) is 2.49. The molecule has 1 aromatic heterocycles. The number of nitrogens with one attached hydrogen (secondary N) is 1. The number of amides is 2. The fraction of sp³-hybridized carbons (Fsp3) is 0.214. The highest BCUT2D eigenvalue weighted by Crippen LogP contribution is 2.34. The molecule has 22 heavy (non-hydrogen) atoms. The van der Waals surface area contributed by atoms with Crippen LogP contribution in [-0.4, -0.2) is 27.7 Å². The van der Waals surface area contributed by atoms with Crippen LogP contribution >= 0.6 is 0 Å². The number of nitrogens with two attached hydrogens (primary N) is 1. The van der Waals surface area contributed by atoms with Gasteiger partial charge in [0.25, 0.3) is 0 Å². The van der Waals surface area contributed by atoms with Crippen molar-refractivity contribution in [2.24, 2.45) is 0 Å². The molecule has 2 aromatic rings. The monoisotopic (exact) mass is 299 g/mol. The number of benzene rings is 1. The molecule has 8 heteroatoms. The van der Waals surface area contributed by atoms with E-state index in [1.54, 1.807) is 29.3 Å². The molecule has 0 atom stereocenters. The Kier molecular flexibility index (Phi) is 2.75. The van der Waals surface area contributed by atoms with Crippen molar-refractivity contribution in [1.29, 1.82) is 0 Å². The summed E-state index contributed by atoms with van der Waals surface area (Å²) in [5, 5.41) is 2.84. The van der Waals surface area contributed by atoms with E-state index >= 15 is 0 Å². The average molecular weight is 299 g/mol. The summed E-state index contributed by atoms with van der Waals surface area (Å²) >= 11 is 0. The molecule has 0 saturated heterocycles. The number of anilines is 2. The molecule has 0 aliphatic carbocycles. The average Bonchev–Trinajstić information content (AvgIpc) is 3.12. The third-order valence-corrected chi connectivity index (χ3v) is 3.59. The van der Waals surface area contributed by atoms with Crippen LogP contribution in [0.15, 0.2) is 24.4 Å². The summed E-state index contributed by atoms with van der Waals surface area (Å²) in [6.45, 7) is 1.08. The molecule has 0 saturated carbocycles. The number of nitrogens with zero attached hydrogens (tertiary/aromatic N) is 3. The zero-order chi connectivity index (χ0) is 15.1. The highest BCUT2D eigenvalue weighted by molar-refractivity contribution is 5.90. The van der Waals surface area contributed by atoms with Crippen LogP contribution < -0.4 is 20.5 Å². The third kappa shape index (κ3) is 2.14. The quantitative estimate of drug-likeness (QED) is 0.823. The molecule has 0 unspecified atom stereocenters. The summed E-state index contributed by atoms with van der Waals surface area (Å²) in [4.78, 5) is 22.1. The van der Waals surface area contributed by atoms with Crippen molar-refractivity contribution in [3.8, 4) is 11.5 Å². The maximum absolute atomic E-state index is 12.3. The van der Waals surface area contributed by atoms with Crippen LogP contribution in [0, 0.1) is 0 Å². The molecule has 1 aromatic carbocycles. The van der Waals surface area contributed by atoms with E-state index in [0.717, 1.165) is 11.3 Å². The largest absolute Gasteiger partial charge is 0.454 e. The van der Waals surface area contributed by atoms with E-state index in [2.05, 4.69) is 15.3 Å². The van der Waals surface area contributed by atoms with E-state index in [4.69, 9.17) is 15.2 Å². The van der Waals surface area contributed by atoms with Gasteiger partial charge in [0.2, 0.25) is 12.7 Å². The van der Waals surface area contributed by atoms with Crippen LogP contribution in [0.1, 0.15) is 11.3 Å². The molecule has 3 heterocycles. The lowest BCUT2D eigenvalue weighted by molar-refractivity contribution is 0.174. The molecule has 2 aliphatic heterocycles. The van der Waals surface area contributed by atoms with Gasteiger partial charge in [-0.25, -0.2) is 14.8 Å². The fourth-order valence-electron chi connectivity index (χ4n) is 2.49. The van der Waals surface area contributed by atoms with Gasteiger partial charge in [0, 0.05) is 23.5 Å². The van der Waals surface area contributed by atoms with Crippen LogP contribution in [0.2, 0.25) is 0 Å². The molecule has 2 amide bonds.